The summed E-state index contributed by atoms with van der Waals surface area (Å²) in [5.41, 5.74) is 0. The lowest BCUT2D eigenvalue weighted by molar-refractivity contribution is -0.123. The summed E-state index contributed by atoms with van der Waals surface area (Å²) in [5, 5.41) is 22.6. The molecule has 0 aliphatic rings. The Hall–Kier alpha value is -2.74. The number of benzene rings is 2. The Morgan fingerprint density at radius 2 is 2.00 bits per heavy atom. The summed E-state index contributed by atoms with van der Waals surface area (Å²) in [6, 6.07) is 12.8. The van der Waals surface area contributed by atoms with Crippen LogP contribution in [-0.4, -0.2) is 24.2 Å². The van der Waals surface area contributed by atoms with Crippen molar-refractivity contribution < 1.29 is 14.6 Å². The van der Waals surface area contributed by atoms with Crippen LogP contribution in [0.3, 0.4) is 0 Å². The largest absolute Gasteiger partial charge is 0.504 e. The number of nitriles is 1. The minimum Gasteiger partial charge on any atom is -0.504 e. The molecule has 0 atom stereocenters. The Balaban J connectivity index is 2.01. The Labute approximate surface area is 116 Å². The van der Waals surface area contributed by atoms with E-state index in [1.807, 2.05) is 30.3 Å². The first kappa shape index (κ1) is 13.7. The van der Waals surface area contributed by atoms with E-state index in [0.29, 0.717) is 6.54 Å². The molecule has 0 aliphatic carbocycles. The van der Waals surface area contributed by atoms with E-state index in [4.69, 9.17) is 10.00 Å². The minimum absolute atomic E-state index is 0.00600. The summed E-state index contributed by atoms with van der Waals surface area (Å²) < 4.78 is 5.29. The summed E-state index contributed by atoms with van der Waals surface area (Å²) in [6.45, 7) is 0.0969. The summed E-state index contributed by atoms with van der Waals surface area (Å²) >= 11 is 0. The van der Waals surface area contributed by atoms with E-state index < -0.39 is 0 Å². The molecule has 0 fully saturated rings. The molecule has 0 heterocycles. The van der Waals surface area contributed by atoms with Crippen molar-refractivity contribution in [2.45, 2.75) is 6.42 Å². The number of fused-ring (bicyclic) bond motifs is 1. The Morgan fingerprint density at radius 3 is 2.70 bits per heavy atom. The summed E-state index contributed by atoms with van der Waals surface area (Å²) in [7, 11) is 0. The van der Waals surface area contributed by atoms with Crippen molar-refractivity contribution in [3.05, 3.63) is 36.4 Å². The number of carbonyl (C=O) groups is 1. The van der Waals surface area contributed by atoms with Crippen molar-refractivity contribution in [2.75, 3.05) is 13.2 Å². The van der Waals surface area contributed by atoms with Crippen LogP contribution >= 0.6 is 0 Å². The number of hydrogen-bond donors (Lipinski definition) is 2. The highest BCUT2D eigenvalue weighted by Crippen LogP contribution is 2.31. The number of hydrogen-bond acceptors (Lipinski definition) is 4. The highest BCUT2D eigenvalue weighted by Gasteiger charge is 2.07. The van der Waals surface area contributed by atoms with Gasteiger partial charge in [-0.3, -0.25) is 4.79 Å². The molecule has 5 heteroatoms. The quantitative estimate of drug-likeness (QED) is 0.813. The van der Waals surface area contributed by atoms with Gasteiger partial charge < -0.3 is 15.2 Å². The van der Waals surface area contributed by atoms with Crippen LogP contribution in [0.2, 0.25) is 0 Å². The van der Waals surface area contributed by atoms with Crippen LogP contribution in [0.25, 0.3) is 10.8 Å². The first-order chi connectivity index (χ1) is 9.70. The average molecular weight is 270 g/mol. The maximum atomic E-state index is 11.4. The van der Waals surface area contributed by atoms with E-state index in [1.165, 1.54) is 0 Å². The second-order valence-electron chi connectivity index (χ2n) is 4.21. The van der Waals surface area contributed by atoms with E-state index in [2.05, 4.69) is 5.32 Å². The van der Waals surface area contributed by atoms with Gasteiger partial charge in [-0.15, -0.1) is 0 Å². The van der Waals surface area contributed by atoms with Crippen molar-refractivity contribution in [1.29, 1.82) is 5.26 Å². The van der Waals surface area contributed by atoms with Gasteiger partial charge in [0.1, 0.15) is 0 Å². The zero-order valence-corrected chi connectivity index (χ0v) is 10.8. The smallest absolute Gasteiger partial charge is 0.257 e. The zero-order chi connectivity index (χ0) is 14.4. The number of ether oxygens (including phenoxy) is 1. The normalized spacial score (nSPS) is 9.95. The van der Waals surface area contributed by atoms with Crippen molar-refractivity contribution in [3.63, 3.8) is 0 Å². The van der Waals surface area contributed by atoms with Crippen LogP contribution in [0.15, 0.2) is 36.4 Å². The first-order valence-corrected chi connectivity index (χ1v) is 6.19. The molecule has 2 aromatic rings. The summed E-state index contributed by atoms with van der Waals surface area (Å²) in [5.74, 6) is -0.0690. The fourth-order valence-corrected chi connectivity index (χ4v) is 1.78. The van der Waals surface area contributed by atoms with Crippen LogP contribution in [0, 0.1) is 11.3 Å². The average Bonchev–Trinajstić information content (AvgIpc) is 2.45. The maximum Gasteiger partial charge on any atom is 0.257 e. The Morgan fingerprint density at radius 1 is 1.30 bits per heavy atom. The highest BCUT2D eigenvalue weighted by molar-refractivity contribution is 5.86. The molecule has 20 heavy (non-hydrogen) atoms. The third-order valence-corrected chi connectivity index (χ3v) is 2.75. The van der Waals surface area contributed by atoms with Gasteiger partial charge in [0.25, 0.3) is 5.91 Å². The molecule has 0 aromatic heterocycles. The van der Waals surface area contributed by atoms with E-state index in [0.717, 1.165) is 10.8 Å². The SMILES string of the molecule is N#CCCNC(=O)COc1cc2ccccc2cc1O. The minimum atomic E-state index is -0.326. The second kappa shape index (κ2) is 6.43. The molecule has 0 unspecified atom stereocenters. The first-order valence-electron chi connectivity index (χ1n) is 6.19. The van der Waals surface area contributed by atoms with Crippen LogP contribution in [-0.2, 0) is 4.79 Å². The number of phenolic OH excluding ortho intramolecular Hbond substituents is 1. The summed E-state index contributed by atoms with van der Waals surface area (Å²) in [4.78, 5) is 11.4. The molecule has 0 radical (unpaired) electrons. The zero-order valence-electron chi connectivity index (χ0n) is 10.8. The monoisotopic (exact) mass is 270 g/mol. The van der Waals surface area contributed by atoms with Gasteiger partial charge in [0.05, 0.1) is 12.5 Å². The second-order valence-corrected chi connectivity index (χ2v) is 4.21. The molecule has 102 valence electrons. The van der Waals surface area contributed by atoms with Crippen molar-refractivity contribution >= 4 is 16.7 Å². The third-order valence-electron chi connectivity index (χ3n) is 2.75. The molecular formula is C15H14N2O3. The number of amides is 1. The van der Waals surface area contributed by atoms with Gasteiger partial charge in [-0.1, -0.05) is 24.3 Å². The highest BCUT2D eigenvalue weighted by atomic mass is 16.5. The molecule has 0 bridgehead atoms. The number of nitrogens with zero attached hydrogens (tertiary/aromatic N) is 1. The van der Waals surface area contributed by atoms with Gasteiger partial charge >= 0.3 is 0 Å². The van der Waals surface area contributed by atoms with E-state index in [9.17, 15) is 9.90 Å². The molecule has 0 saturated heterocycles. The van der Waals surface area contributed by atoms with Gasteiger partial charge in [-0.25, -0.2) is 0 Å². The van der Waals surface area contributed by atoms with E-state index in [-0.39, 0.29) is 30.4 Å². The fraction of sp³-hybridized carbons (Fsp3) is 0.200. The lowest BCUT2D eigenvalue weighted by atomic mass is 10.1. The molecule has 0 saturated carbocycles. The molecule has 0 spiro atoms. The number of rotatable bonds is 5. The number of carbonyl (C=O) groups excluding carboxylic acids is 1. The number of nitrogens with one attached hydrogen (secondary N) is 1. The molecule has 5 nitrogen and oxygen atoms in total. The predicted molar refractivity (Wildman–Crippen MR) is 74.3 cm³/mol. The lowest BCUT2D eigenvalue weighted by Gasteiger charge is -2.09. The Kier molecular flexibility index (Phi) is 4.40. The molecule has 1 amide bonds. The van der Waals surface area contributed by atoms with Gasteiger partial charge in [0.15, 0.2) is 18.1 Å². The van der Waals surface area contributed by atoms with E-state index in [1.54, 1.807) is 12.1 Å². The van der Waals surface area contributed by atoms with Gasteiger partial charge in [0.2, 0.25) is 0 Å². The molecule has 2 aromatic carbocycles. The molecule has 0 aliphatic heterocycles. The van der Waals surface area contributed by atoms with Gasteiger partial charge in [-0.05, 0) is 22.9 Å². The molecular weight excluding hydrogens is 256 g/mol. The topological polar surface area (TPSA) is 82.4 Å². The van der Waals surface area contributed by atoms with Crippen LogP contribution in [0.1, 0.15) is 6.42 Å². The number of phenols is 1. The van der Waals surface area contributed by atoms with Gasteiger partial charge in [-0.2, -0.15) is 5.26 Å². The molecule has 2 rings (SSSR count). The predicted octanol–water partition coefficient (Wildman–Crippen LogP) is 1.95. The fourth-order valence-electron chi connectivity index (χ4n) is 1.78. The van der Waals surface area contributed by atoms with E-state index >= 15 is 0 Å². The number of aromatic hydroxyl groups is 1. The lowest BCUT2D eigenvalue weighted by Crippen LogP contribution is -2.29. The molecule has 2 N–H and O–H groups in total. The van der Waals surface area contributed by atoms with Crippen LogP contribution in [0.5, 0.6) is 11.5 Å². The summed E-state index contributed by atoms with van der Waals surface area (Å²) in [6.07, 6.45) is 0.257. The Bertz CT molecular complexity index is 662. The van der Waals surface area contributed by atoms with Crippen molar-refractivity contribution in [1.82, 2.24) is 5.32 Å². The maximum absolute atomic E-state index is 11.4. The van der Waals surface area contributed by atoms with Crippen molar-refractivity contribution in [2.24, 2.45) is 0 Å². The van der Waals surface area contributed by atoms with Crippen LogP contribution < -0.4 is 10.1 Å². The van der Waals surface area contributed by atoms with Crippen molar-refractivity contribution in [3.8, 4) is 17.6 Å². The third kappa shape index (κ3) is 3.39. The van der Waals surface area contributed by atoms with Crippen LogP contribution in [0.4, 0.5) is 0 Å². The van der Waals surface area contributed by atoms with Gasteiger partial charge in [0, 0.05) is 6.54 Å². The standard InChI is InChI=1S/C15H14N2O3/c16-6-3-7-17-15(19)10-20-14-9-12-5-2-1-4-11(12)8-13(14)18/h1-2,4-5,8-9,18H,3,7,10H2,(H,17,19).